The van der Waals surface area contributed by atoms with Crippen LogP contribution in [0.2, 0.25) is 0 Å². The largest absolute Gasteiger partial charge is 0.762 e. The van der Waals surface area contributed by atoms with Crippen LogP contribution in [-0.2, 0) is 61.7 Å². The van der Waals surface area contributed by atoms with E-state index >= 15 is 4.79 Å². The van der Waals surface area contributed by atoms with Crippen LogP contribution in [0, 0.1) is 52.0 Å². The lowest BCUT2D eigenvalue weighted by atomic mass is 9.49. The van der Waals surface area contributed by atoms with Crippen molar-refractivity contribution in [3.63, 3.8) is 0 Å². The molecule has 5 saturated heterocycles. The lowest BCUT2D eigenvalue weighted by Gasteiger charge is -2.56. The van der Waals surface area contributed by atoms with Crippen molar-refractivity contribution in [2.24, 2.45) is 46.8 Å². The highest BCUT2D eigenvalue weighted by Gasteiger charge is 2.64. The Balaban J connectivity index is 1.01. The van der Waals surface area contributed by atoms with Crippen LogP contribution in [0.1, 0.15) is 121 Å². The van der Waals surface area contributed by atoms with Crippen molar-refractivity contribution in [1.82, 2.24) is 10.5 Å². The van der Waals surface area contributed by atoms with Gasteiger partial charge in [-0.3, -0.25) is 10.0 Å². The fourth-order valence-corrected chi connectivity index (χ4v) is 15.8. The summed E-state index contributed by atoms with van der Waals surface area (Å²) in [5, 5.41) is 83.4. The SMILES string of the molecule is COC(=O)N[C@H]1[C@@H](C)O[C@@H](O[C@H]2C/C=C(\C)[C@@H]3C=C[C@@H]4[C@@H](O[C@H]5C[C@@H](O[C@H]6C[C@@H](O)[C@@H](O[C@@H]7C[C@@H](O)[C@@H](OC)[C@H](C)O7)[C@H](C)O6)[C@@H](O)[C@H](C)O5)[C@@H](C)C[C@H](C)[C@H]4[C@]3(C)C(O)=C3C(=O)O[C@]4(C[C@@H](C)C(CO)=C[C@H]4/C=C/2C)C3=O)C[C@]1(C)N([O-])O. The number of Topliss-reactive ketones (excluding diaryl/α,β-unsaturated/α-hetero) is 1. The van der Waals surface area contributed by atoms with Crippen molar-refractivity contribution in [3.8, 4) is 0 Å². The molecule has 0 aromatic carbocycles. The van der Waals surface area contributed by atoms with Crippen LogP contribution in [0.15, 0.2) is 58.4 Å². The number of carbonyl (C=O) groups excluding carboxylic acids is 3. The van der Waals surface area contributed by atoms with Crippen molar-refractivity contribution >= 4 is 17.8 Å². The number of aliphatic hydroxyl groups excluding tert-OH is 5. The summed E-state index contributed by atoms with van der Waals surface area (Å²) in [6, 6.07) is -1.02. The Kier molecular flexibility index (Phi) is 19.6. The maximum atomic E-state index is 15.6. The van der Waals surface area contributed by atoms with Crippen LogP contribution in [0.5, 0.6) is 0 Å². The Hall–Kier alpha value is -3.73. The van der Waals surface area contributed by atoms with E-state index in [-0.39, 0.29) is 68.0 Å². The fraction of sp³-hybridized carbons (Fsp3) is 0.787. The van der Waals surface area contributed by atoms with Gasteiger partial charge in [0.1, 0.15) is 29.6 Å². The van der Waals surface area contributed by atoms with Crippen LogP contribution in [0.3, 0.4) is 0 Å². The second kappa shape index (κ2) is 25.4. The van der Waals surface area contributed by atoms with E-state index in [1.165, 1.54) is 21.1 Å². The molecule has 1 spiro atoms. The van der Waals surface area contributed by atoms with Crippen molar-refractivity contribution in [3.05, 3.63) is 63.6 Å². The summed E-state index contributed by atoms with van der Waals surface area (Å²) >= 11 is 0. The first-order chi connectivity index (χ1) is 39.6. The van der Waals surface area contributed by atoms with E-state index < -0.39 is 174 Å². The van der Waals surface area contributed by atoms with Gasteiger partial charge < -0.3 is 93.4 Å². The number of ketones is 1. The number of ether oxygens (including phenoxy) is 11. The number of alkyl carbamates (subject to hydrolysis) is 1. The number of amides is 1. The number of hydrogen-bond donors (Lipinski definition) is 7. The normalized spacial score (nSPS) is 48.6. The average Bonchev–Trinajstić information content (AvgIpc) is 2.80. The van der Waals surface area contributed by atoms with E-state index in [0.29, 0.717) is 17.6 Å². The van der Waals surface area contributed by atoms with E-state index in [1.807, 2.05) is 39.8 Å². The average molecular weight is 1190 g/mol. The first-order valence-electron chi connectivity index (χ1n) is 30.0. The number of hydrogen-bond acceptors (Lipinski definition) is 22. The molecule has 6 fully saturated rings. The van der Waals surface area contributed by atoms with Gasteiger partial charge in [-0.1, -0.05) is 63.6 Å². The van der Waals surface area contributed by atoms with Gasteiger partial charge in [-0.05, 0) is 96.1 Å². The number of rotatable bonds is 12. The molecule has 84 heavy (non-hydrogen) atoms. The molecule has 1 amide bonds. The number of aliphatic hydroxyl groups is 5. The number of hydroxylamine groups is 2. The number of fused-ring (bicyclic) bond motifs is 4. The van der Waals surface area contributed by atoms with Gasteiger partial charge >= 0.3 is 12.1 Å². The van der Waals surface area contributed by atoms with Gasteiger partial charge in [-0.25, -0.2) is 9.59 Å². The molecule has 1 saturated carbocycles. The minimum absolute atomic E-state index is 0.0115. The lowest BCUT2D eigenvalue weighted by molar-refractivity contribution is -0.335. The third-order valence-electron chi connectivity index (χ3n) is 20.3. The van der Waals surface area contributed by atoms with Crippen molar-refractivity contribution in [2.45, 2.75) is 237 Å². The van der Waals surface area contributed by atoms with Crippen molar-refractivity contribution in [1.29, 1.82) is 0 Å². The van der Waals surface area contributed by atoms with Crippen LogP contribution >= 0.6 is 0 Å². The number of carbonyl (C=O) groups is 3. The maximum absolute atomic E-state index is 15.6. The van der Waals surface area contributed by atoms with Gasteiger partial charge in [-0.2, -0.15) is 0 Å². The smallest absolute Gasteiger partial charge is 0.407 e. The van der Waals surface area contributed by atoms with E-state index in [0.717, 1.165) is 5.57 Å². The Labute approximate surface area is 492 Å². The molecule has 472 valence electrons. The van der Waals surface area contributed by atoms with Crippen LogP contribution in [0.25, 0.3) is 0 Å². The van der Waals surface area contributed by atoms with Crippen molar-refractivity contribution < 1.29 is 97.2 Å². The van der Waals surface area contributed by atoms with Gasteiger partial charge in [0.25, 0.3) is 0 Å². The van der Waals surface area contributed by atoms with E-state index in [2.05, 4.69) is 25.2 Å². The number of esters is 1. The van der Waals surface area contributed by atoms with Crippen LogP contribution in [0.4, 0.5) is 4.79 Å². The molecule has 2 bridgehead atoms. The molecular formula is C61H91N2O21-. The summed E-state index contributed by atoms with van der Waals surface area (Å²) in [6.45, 7) is 19.7. The van der Waals surface area contributed by atoms with Crippen molar-refractivity contribution in [2.75, 3.05) is 20.8 Å². The molecule has 4 aliphatic carbocycles. The highest BCUT2D eigenvalue weighted by Crippen LogP contribution is 2.61. The predicted octanol–water partition coefficient (Wildman–Crippen LogP) is 5.49. The molecule has 0 aromatic rings. The monoisotopic (exact) mass is 1190 g/mol. The van der Waals surface area contributed by atoms with Gasteiger partial charge in [0.2, 0.25) is 5.78 Å². The van der Waals surface area contributed by atoms with Gasteiger partial charge in [0.05, 0.1) is 80.2 Å². The van der Waals surface area contributed by atoms with Crippen LogP contribution < -0.4 is 5.32 Å². The molecule has 7 N–H and O–H groups in total. The molecule has 0 aromatic heterocycles. The molecule has 23 nitrogen and oxygen atoms in total. The lowest BCUT2D eigenvalue weighted by Crippen LogP contribution is -2.67. The molecule has 9 rings (SSSR count). The van der Waals surface area contributed by atoms with Crippen LogP contribution in [-0.4, -0.2) is 190 Å². The highest BCUT2D eigenvalue weighted by molar-refractivity contribution is 6.26. The van der Waals surface area contributed by atoms with Gasteiger partial charge in [0.15, 0.2) is 30.8 Å². The summed E-state index contributed by atoms with van der Waals surface area (Å²) in [5.41, 5.74) is -3.21. The second-order valence-corrected chi connectivity index (χ2v) is 26.0. The Bertz CT molecular complexity index is 2550. The zero-order chi connectivity index (χ0) is 61.2. The third kappa shape index (κ3) is 12.0. The van der Waals surface area contributed by atoms with Gasteiger partial charge in [0, 0.05) is 62.4 Å². The third-order valence-corrected chi connectivity index (χ3v) is 20.3. The predicted molar refractivity (Wildman–Crippen MR) is 298 cm³/mol. The topological polar surface area (TPSA) is 312 Å². The van der Waals surface area contributed by atoms with E-state index in [4.69, 9.17) is 52.1 Å². The fourth-order valence-electron chi connectivity index (χ4n) is 15.8. The second-order valence-electron chi connectivity index (χ2n) is 26.0. The summed E-state index contributed by atoms with van der Waals surface area (Å²) in [4.78, 5) is 42.7. The molecule has 5 heterocycles. The first kappa shape index (κ1) is 64.7. The number of nitrogens with one attached hydrogen (secondary N) is 1. The Morgan fingerprint density at radius 3 is 2.01 bits per heavy atom. The number of nitrogens with zero attached hydrogens (tertiary/aromatic N) is 1. The maximum Gasteiger partial charge on any atom is 0.407 e. The quantitative estimate of drug-likeness (QED) is 0.0550. The van der Waals surface area contributed by atoms with E-state index in [1.54, 1.807) is 39.8 Å². The first-order valence-corrected chi connectivity index (χ1v) is 30.0. The minimum Gasteiger partial charge on any atom is -0.762 e. The molecule has 9 aliphatic rings. The molecule has 5 aliphatic heterocycles. The Morgan fingerprint density at radius 2 is 1.38 bits per heavy atom. The zero-order valence-corrected chi connectivity index (χ0v) is 50.7. The minimum atomic E-state index is -1.81. The highest BCUT2D eigenvalue weighted by atomic mass is 16.8. The summed E-state index contributed by atoms with van der Waals surface area (Å²) < 4.78 is 68.0. The standard InChI is InChI=1S/C61H91N2O21/c1-27-14-17-42(80-47-25-59(10,63(72)73)54(35(9)79-47)62-58(71)75-13)28(2)19-37-20-36(26-64)31(5)24-61(37)56(69)48(57(70)84-61)55(68)60(11)39(27)16-15-38-49(60)29(3)18-30(4)51(38)82-46-23-43(50(67)32(6)76-46)81-44-22-41(66)53(34(8)78-44)83-45-21-40(65)52(74-12)33(7)77-45/h14-16,19-20,29-35,37-47,49-54,64-68,72H,17-18,21-26H2,1-13H3,(H,62,71)/q-1/b27-14+,28-19+,55-48?/t29-,30-,31+,32-,33-,34-,35+,37+,38-,39-,40+,41+,42-,43+,44-,45+,46-,47-,49+,50-,51-,52-,53-,54-,59-,60+,61-/m0/s1. The number of methoxy groups -OCH3 is 2. The molecule has 27 atom stereocenters. The summed E-state index contributed by atoms with van der Waals surface area (Å²) in [7, 11) is 2.69. The summed E-state index contributed by atoms with van der Waals surface area (Å²) in [5.74, 6) is -5.03. The molecule has 0 unspecified atom stereocenters. The number of allylic oxidation sites excluding steroid dienone is 3. The molecule has 23 heteroatoms. The molecular weight excluding hydrogens is 1100 g/mol. The molecule has 0 radical (unpaired) electrons. The van der Waals surface area contributed by atoms with Gasteiger partial charge in [-0.15, -0.1) is 0 Å². The zero-order valence-electron chi connectivity index (χ0n) is 50.7. The van der Waals surface area contributed by atoms with E-state index in [9.17, 15) is 45.5 Å². The Morgan fingerprint density at radius 1 is 0.762 bits per heavy atom. The summed E-state index contributed by atoms with van der Waals surface area (Å²) in [6.07, 6.45) is -3.27.